The van der Waals surface area contributed by atoms with Crippen molar-refractivity contribution in [2.24, 2.45) is 15.3 Å². The van der Waals surface area contributed by atoms with Crippen molar-refractivity contribution in [2.45, 2.75) is 6.92 Å². The van der Waals surface area contributed by atoms with E-state index in [9.17, 15) is 19.2 Å². The van der Waals surface area contributed by atoms with Gasteiger partial charge in [-0.3, -0.25) is 9.00 Å². The number of hydrazone groups is 1. The van der Waals surface area contributed by atoms with Crippen LogP contribution in [0.1, 0.15) is 32.6 Å². The second-order valence-corrected chi connectivity index (χ2v) is 8.58. The van der Waals surface area contributed by atoms with Crippen molar-refractivity contribution in [2.75, 3.05) is 12.5 Å². The summed E-state index contributed by atoms with van der Waals surface area (Å²) in [5.74, 6) is -1.23. The molecule has 11 nitrogen and oxygen atoms in total. The van der Waals surface area contributed by atoms with E-state index in [1.54, 1.807) is 85.3 Å². The number of benzene rings is 3. The van der Waals surface area contributed by atoms with E-state index in [1.165, 1.54) is 12.4 Å². The Morgan fingerprint density at radius 1 is 0.895 bits per heavy atom. The Morgan fingerprint density at radius 3 is 1.84 bits per heavy atom. The van der Waals surface area contributed by atoms with Gasteiger partial charge in [0, 0.05) is 55.8 Å². The van der Waals surface area contributed by atoms with E-state index in [-0.39, 0.29) is 60.3 Å². The fraction of sp³-hybridized carbons (Fsp3) is 0.120. The van der Waals surface area contributed by atoms with Gasteiger partial charge in [0.25, 0.3) is 5.91 Å². The van der Waals surface area contributed by atoms with Gasteiger partial charge in [0.2, 0.25) is 0 Å². The van der Waals surface area contributed by atoms with E-state index in [0.29, 0.717) is 11.1 Å². The number of rotatable bonds is 6. The second-order valence-electron chi connectivity index (χ2n) is 7.09. The van der Waals surface area contributed by atoms with Gasteiger partial charge >= 0.3 is 0 Å². The number of nitrogens with one attached hydrogen (secondary N) is 1. The predicted octanol–water partition coefficient (Wildman–Crippen LogP) is 0.806. The molecule has 4 N–H and O–H groups in total. The maximum atomic E-state index is 12.6. The van der Waals surface area contributed by atoms with Crippen molar-refractivity contribution >= 4 is 35.0 Å². The zero-order valence-corrected chi connectivity index (χ0v) is 23.6. The standard InChI is InChI=1S/C23H20N4O3.C2H6OS.Mo.H2O.2O/c1-16-12-19(14-24-26-22(29)17-8-4-2-5-9-17)21(28)20(13-16)15-25-27-23(30)18-10-6-3-7-11-18;1-4(2)3;;;;/h2-15,28H,1H3,(H,26,29)(H,27,30);1-2H3;;1H2;;/q;;;;2*-2/p-1/b24-14+,25-15+;;;;;. The first-order chi connectivity index (χ1) is 16.3. The summed E-state index contributed by atoms with van der Waals surface area (Å²) < 4.78 is 9.56. The largest absolute Gasteiger partial charge is 2.00 e. The van der Waals surface area contributed by atoms with Gasteiger partial charge in [-0.15, -0.1) is 0 Å². The molecule has 0 radical (unpaired) electrons. The summed E-state index contributed by atoms with van der Waals surface area (Å²) in [6, 6.07) is 20.4. The van der Waals surface area contributed by atoms with Gasteiger partial charge in [-0.25, -0.2) is 5.43 Å². The van der Waals surface area contributed by atoms with Gasteiger partial charge in [0.1, 0.15) is 0 Å². The van der Waals surface area contributed by atoms with Crippen LogP contribution >= 0.6 is 0 Å². The Bertz CT molecular complexity index is 1220. The van der Waals surface area contributed by atoms with Crippen molar-refractivity contribution < 1.29 is 56.7 Å². The van der Waals surface area contributed by atoms with Crippen LogP contribution < -0.4 is 15.6 Å². The summed E-state index contributed by atoms with van der Waals surface area (Å²) in [4.78, 5) is 12.0. The minimum atomic E-state index is -0.611. The Labute approximate surface area is 237 Å². The minimum Gasteiger partial charge on any atom is -2.00 e. The molecule has 0 aliphatic heterocycles. The molecule has 0 aliphatic carbocycles. The van der Waals surface area contributed by atoms with E-state index in [4.69, 9.17) is 0 Å². The summed E-state index contributed by atoms with van der Waals surface area (Å²) in [5.41, 5.74) is 4.58. The summed E-state index contributed by atoms with van der Waals surface area (Å²) in [6.07, 6.45) is 5.79. The molecule has 38 heavy (non-hydrogen) atoms. The van der Waals surface area contributed by atoms with Crippen LogP contribution in [0.4, 0.5) is 0 Å². The first-order valence-corrected chi connectivity index (χ1v) is 12.0. The number of nitrogens with zero attached hydrogens (tertiary/aromatic N) is 3. The number of hydrogen-bond acceptors (Lipinski definition) is 7. The maximum Gasteiger partial charge on any atom is 0.271 e. The molecule has 0 fully saturated rings. The number of carbonyl (C=O) groups excluding carboxylic acids is 1. The molecular weight excluding hydrogens is 596 g/mol. The molecule has 0 aliphatic rings. The fourth-order valence-electron chi connectivity index (χ4n) is 2.62. The van der Waals surface area contributed by atoms with Crippen LogP contribution in [-0.2, 0) is 48.3 Å². The number of amides is 1. The van der Waals surface area contributed by atoms with Crippen LogP contribution in [0, 0.1) is 6.92 Å². The molecule has 3 rings (SSSR count). The average molecular weight is 624 g/mol. The molecule has 0 bridgehead atoms. The van der Waals surface area contributed by atoms with Gasteiger partial charge in [0.15, 0.2) is 0 Å². The first kappa shape index (κ1) is 39.0. The van der Waals surface area contributed by atoms with Gasteiger partial charge in [-0.05, 0) is 41.3 Å². The first-order valence-electron chi connectivity index (χ1n) is 10.1. The van der Waals surface area contributed by atoms with E-state index in [0.717, 1.165) is 5.56 Å². The van der Waals surface area contributed by atoms with Crippen LogP contribution in [0.25, 0.3) is 0 Å². The predicted molar refractivity (Wildman–Crippen MR) is 139 cm³/mol. The number of hydrogen-bond donors (Lipinski definition) is 1. The molecule has 0 saturated heterocycles. The van der Waals surface area contributed by atoms with Crippen LogP contribution in [0.2, 0.25) is 0 Å². The van der Waals surface area contributed by atoms with E-state index < -0.39 is 16.7 Å². The summed E-state index contributed by atoms with van der Waals surface area (Å²) in [5, 5.41) is 35.8. The quantitative estimate of drug-likeness (QED) is 0.138. The van der Waals surface area contributed by atoms with Crippen molar-refractivity contribution in [3.63, 3.8) is 0 Å². The molecule has 3 aromatic rings. The Kier molecular flexibility index (Phi) is 21.0. The van der Waals surface area contributed by atoms with Gasteiger partial charge in [-0.1, -0.05) is 66.4 Å². The van der Waals surface area contributed by atoms with Crippen LogP contribution in [0.3, 0.4) is 0 Å². The topological polar surface area (TPSA) is 219 Å². The van der Waals surface area contributed by atoms with Crippen LogP contribution in [-0.4, -0.2) is 41.0 Å². The molecule has 1 amide bonds. The maximum absolute atomic E-state index is 12.6. The Balaban J connectivity index is -0.00000143. The molecule has 206 valence electrons. The third-order valence-electron chi connectivity index (χ3n) is 4.06. The van der Waals surface area contributed by atoms with E-state index >= 15 is 0 Å². The molecular formula is C25H27MoN4O7S-5. The van der Waals surface area contributed by atoms with Gasteiger partial charge in [-0.2, -0.15) is 15.3 Å². The molecule has 13 heteroatoms. The monoisotopic (exact) mass is 625 g/mol. The van der Waals surface area contributed by atoms with Crippen molar-refractivity contribution in [1.82, 2.24) is 5.43 Å². The number of aryl methyl sites for hydroxylation is 1. The fourth-order valence-corrected chi connectivity index (χ4v) is 2.62. The zero-order valence-electron chi connectivity index (χ0n) is 20.8. The molecule has 3 aromatic carbocycles. The van der Waals surface area contributed by atoms with Gasteiger partial charge < -0.3 is 26.6 Å². The van der Waals surface area contributed by atoms with E-state index in [1.807, 2.05) is 6.92 Å². The van der Waals surface area contributed by atoms with E-state index in [2.05, 4.69) is 20.7 Å². The molecule has 0 atom stereocenters. The molecule has 0 unspecified atom stereocenters. The second kappa shape index (κ2) is 20.5. The van der Waals surface area contributed by atoms with Crippen molar-refractivity contribution in [1.29, 1.82) is 0 Å². The smallest absolute Gasteiger partial charge is 0.271 e. The molecule has 0 aromatic heterocycles. The molecule has 0 saturated carbocycles. The number of carbonyl (C=O) groups is 1. The third-order valence-corrected chi connectivity index (χ3v) is 4.06. The summed E-state index contributed by atoms with van der Waals surface area (Å²) >= 11 is 0. The average Bonchev–Trinajstić information content (AvgIpc) is 2.82. The van der Waals surface area contributed by atoms with Crippen molar-refractivity contribution in [3.05, 3.63) is 101 Å². The van der Waals surface area contributed by atoms with Crippen molar-refractivity contribution in [3.8, 4) is 5.75 Å². The minimum absolute atomic E-state index is 0. The van der Waals surface area contributed by atoms with Crippen LogP contribution in [0.15, 0.2) is 88.1 Å². The molecule has 0 heterocycles. The Hall–Kier alpha value is -3.54. The SMILES string of the molecule is CS(C)=O.Cc1cc(/C=N/N=C(\[O-])c2ccccc2)c([O-])c(/C=N/NC(=O)c2ccccc2)c1.[Mo].[O-2].[O-2].[OH3+]. The summed E-state index contributed by atoms with van der Waals surface area (Å²) in [6.45, 7) is 1.81. The normalized spacial score (nSPS) is 10.3. The van der Waals surface area contributed by atoms with Gasteiger partial charge in [0.05, 0.1) is 12.4 Å². The zero-order chi connectivity index (χ0) is 24.9. The third kappa shape index (κ3) is 13.7. The molecule has 0 spiro atoms. The summed E-state index contributed by atoms with van der Waals surface area (Å²) in [7, 11) is -0.611. The van der Waals surface area contributed by atoms with Crippen LogP contribution in [0.5, 0.6) is 5.75 Å². The Morgan fingerprint density at radius 2 is 1.34 bits per heavy atom.